The van der Waals surface area contributed by atoms with Crippen LogP contribution in [-0.4, -0.2) is 15.9 Å². The number of anilines is 3. The summed E-state index contributed by atoms with van der Waals surface area (Å²) in [4.78, 5) is 20.2. The topological polar surface area (TPSA) is 66.9 Å². The Morgan fingerprint density at radius 1 is 1.12 bits per heavy atom. The number of pyridine rings is 2. The van der Waals surface area contributed by atoms with Crippen LogP contribution in [0.3, 0.4) is 0 Å². The van der Waals surface area contributed by atoms with E-state index >= 15 is 0 Å². The number of aryl methyl sites for hydroxylation is 1. The van der Waals surface area contributed by atoms with Crippen molar-refractivity contribution >= 4 is 34.7 Å². The number of aromatic nitrogens is 2. The van der Waals surface area contributed by atoms with Crippen LogP contribution in [0.5, 0.6) is 0 Å². The maximum atomic E-state index is 12.1. The number of nitrogens with zero attached hydrogens (tertiary/aromatic N) is 2. The second kappa shape index (κ2) is 7.10. The van der Waals surface area contributed by atoms with Gasteiger partial charge in [0.05, 0.1) is 17.4 Å². The van der Waals surface area contributed by atoms with E-state index in [1.54, 1.807) is 30.6 Å². The molecule has 3 aromatic rings. The highest BCUT2D eigenvalue weighted by Gasteiger charge is 2.07. The van der Waals surface area contributed by atoms with Gasteiger partial charge < -0.3 is 10.6 Å². The van der Waals surface area contributed by atoms with Crippen molar-refractivity contribution in [3.63, 3.8) is 0 Å². The number of amides is 1. The Morgan fingerprint density at radius 2 is 2.00 bits per heavy atom. The second-order valence-corrected chi connectivity index (χ2v) is 5.65. The van der Waals surface area contributed by atoms with Crippen LogP contribution in [-0.2, 0) is 0 Å². The molecule has 5 nitrogen and oxygen atoms in total. The van der Waals surface area contributed by atoms with E-state index in [1.807, 2.05) is 31.2 Å². The third-order valence-corrected chi connectivity index (χ3v) is 3.64. The lowest BCUT2D eigenvalue weighted by Crippen LogP contribution is -2.13. The summed E-state index contributed by atoms with van der Waals surface area (Å²) in [7, 11) is 0. The van der Waals surface area contributed by atoms with E-state index in [-0.39, 0.29) is 5.91 Å². The minimum Gasteiger partial charge on any atom is -0.354 e. The normalized spacial score (nSPS) is 10.2. The minimum atomic E-state index is -0.248. The number of carbonyl (C=O) groups is 1. The van der Waals surface area contributed by atoms with Gasteiger partial charge in [-0.2, -0.15) is 0 Å². The van der Waals surface area contributed by atoms with Crippen LogP contribution in [0.25, 0.3) is 0 Å². The molecule has 0 spiro atoms. The van der Waals surface area contributed by atoms with E-state index in [0.29, 0.717) is 16.4 Å². The van der Waals surface area contributed by atoms with Crippen LogP contribution in [0, 0.1) is 6.92 Å². The van der Waals surface area contributed by atoms with Gasteiger partial charge in [0.1, 0.15) is 5.82 Å². The molecule has 0 bridgehead atoms. The molecule has 0 fully saturated rings. The fourth-order valence-corrected chi connectivity index (χ4v) is 2.28. The van der Waals surface area contributed by atoms with Crippen molar-refractivity contribution in [1.29, 1.82) is 0 Å². The average Bonchev–Trinajstić information content (AvgIpc) is 2.60. The Kier molecular flexibility index (Phi) is 4.72. The maximum absolute atomic E-state index is 12.1. The van der Waals surface area contributed by atoms with Gasteiger partial charge in [0.15, 0.2) is 0 Å². The maximum Gasteiger partial charge on any atom is 0.258 e. The molecule has 0 radical (unpaired) electrons. The molecule has 2 N–H and O–H groups in total. The second-order valence-electron chi connectivity index (χ2n) is 5.21. The Balaban J connectivity index is 1.69. The first-order valence-corrected chi connectivity index (χ1v) is 7.70. The third kappa shape index (κ3) is 3.88. The molecule has 1 aromatic carbocycles. The molecule has 24 heavy (non-hydrogen) atoms. The molecule has 0 atom stereocenters. The lowest BCUT2D eigenvalue weighted by Gasteiger charge is -2.10. The summed E-state index contributed by atoms with van der Waals surface area (Å²) in [6.07, 6.45) is 4.78. The number of benzene rings is 1. The van der Waals surface area contributed by atoms with Crippen molar-refractivity contribution in [3.05, 3.63) is 77.2 Å². The van der Waals surface area contributed by atoms with Crippen LogP contribution in [0.2, 0.25) is 5.02 Å². The zero-order chi connectivity index (χ0) is 16.9. The molecule has 0 saturated heterocycles. The minimum absolute atomic E-state index is 0.248. The van der Waals surface area contributed by atoms with E-state index in [0.717, 1.165) is 16.9 Å². The van der Waals surface area contributed by atoms with Gasteiger partial charge in [0.25, 0.3) is 5.91 Å². The van der Waals surface area contributed by atoms with Gasteiger partial charge in [-0.3, -0.25) is 9.78 Å². The highest BCUT2D eigenvalue weighted by Crippen LogP contribution is 2.24. The van der Waals surface area contributed by atoms with Gasteiger partial charge >= 0.3 is 0 Å². The Labute approximate surface area is 144 Å². The summed E-state index contributed by atoms with van der Waals surface area (Å²) in [6, 6.07) is 12.6. The average molecular weight is 339 g/mol. The van der Waals surface area contributed by atoms with Crippen molar-refractivity contribution in [2.75, 3.05) is 10.6 Å². The molecule has 0 aliphatic heterocycles. The molecule has 3 rings (SSSR count). The predicted octanol–water partition coefficient (Wildman–Crippen LogP) is 4.43. The lowest BCUT2D eigenvalue weighted by atomic mass is 10.2. The van der Waals surface area contributed by atoms with Crippen molar-refractivity contribution in [3.8, 4) is 0 Å². The highest BCUT2D eigenvalue weighted by molar-refractivity contribution is 6.30. The molecule has 0 aliphatic carbocycles. The number of nitrogens with one attached hydrogen (secondary N) is 2. The number of hydrogen-bond donors (Lipinski definition) is 2. The molecule has 2 heterocycles. The molecule has 120 valence electrons. The summed E-state index contributed by atoms with van der Waals surface area (Å²) in [5.41, 5.74) is 3.28. The van der Waals surface area contributed by atoms with Gasteiger partial charge in [-0.25, -0.2) is 4.98 Å². The quantitative estimate of drug-likeness (QED) is 0.738. The summed E-state index contributed by atoms with van der Waals surface area (Å²) in [5, 5.41) is 6.65. The standard InChI is InChI=1S/C18H15ClN4O/c1-12-4-5-14(19)9-16(12)22-15-6-7-17(21-11-15)23-18(24)13-3-2-8-20-10-13/h2-11,22H,1H3,(H,21,23,24). The van der Waals surface area contributed by atoms with Crippen LogP contribution in [0.4, 0.5) is 17.2 Å². The Morgan fingerprint density at radius 3 is 2.71 bits per heavy atom. The zero-order valence-corrected chi connectivity index (χ0v) is 13.7. The van der Waals surface area contributed by atoms with E-state index in [1.165, 1.54) is 6.20 Å². The van der Waals surface area contributed by atoms with Crippen molar-refractivity contribution in [2.24, 2.45) is 0 Å². The number of carbonyl (C=O) groups excluding carboxylic acids is 1. The van der Waals surface area contributed by atoms with E-state index in [2.05, 4.69) is 20.6 Å². The van der Waals surface area contributed by atoms with Crippen molar-refractivity contribution in [1.82, 2.24) is 9.97 Å². The first-order valence-electron chi connectivity index (χ1n) is 7.32. The fourth-order valence-electron chi connectivity index (χ4n) is 2.11. The molecular weight excluding hydrogens is 324 g/mol. The summed E-state index contributed by atoms with van der Waals surface area (Å²) in [6.45, 7) is 1.99. The van der Waals surface area contributed by atoms with E-state index in [4.69, 9.17) is 11.6 Å². The molecule has 0 unspecified atom stereocenters. The monoisotopic (exact) mass is 338 g/mol. The van der Waals surface area contributed by atoms with Crippen molar-refractivity contribution < 1.29 is 4.79 Å². The van der Waals surface area contributed by atoms with Crippen LogP contribution in [0.15, 0.2) is 61.1 Å². The lowest BCUT2D eigenvalue weighted by molar-refractivity contribution is 0.102. The van der Waals surface area contributed by atoms with Crippen LogP contribution < -0.4 is 10.6 Å². The number of halogens is 1. The molecule has 0 aliphatic rings. The van der Waals surface area contributed by atoms with Gasteiger partial charge in [-0.1, -0.05) is 17.7 Å². The van der Waals surface area contributed by atoms with Gasteiger partial charge in [-0.05, 0) is 48.9 Å². The van der Waals surface area contributed by atoms with E-state index < -0.39 is 0 Å². The molecule has 2 aromatic heterocycles. The highest BCUT2D eigenvalue weighted by atomic mass is 35.5. The predicted molar refractivity (Wildman–Crippen MR) is 95.9 cm³/mol. The third-order valence-electron chi connectivity index (χ3n) is 3.41. The van der Waals surface area contributed by atoms with Gasteiger partial charge in [0, 0.05) is 23.1 Å². The number of rotatable bonds is 4. The SMILES string of the molecule is Cc1ccc(Cl)cc1Nc1ccc(NC(=O)c2cccnc2)nc1. The Hall–Kier alpha value is -2.92. The van der Waals surface area contributed by atoms with Crippen molar-refractivity contribution in [2.45, 2.75) is 6.92 Å². The fraction of sp³-hybridized carbons (Fsp3) is 0.0556. The van der Waals surface area contributed by atoms with Gasteiger partial charge in [-0.15, -0.1) is 0 Å². The smallest absolute Gasteiger partial charge is 0.258 e. The zero-order valence-electron chi connectivity index (χ0n) is 13.0. The number of hydrogen-bond acceptors (Lipinski definition) is 4. The first-order chi connectivity index (χ1) is 11.6. The first kappa shape index (κ1) is 16.0. The van der Waals surface area contributed by atoms with Gasteiger partial charge in [0.2, 0.25) is 0 Å². The van der Waals surface area contributed by atoms with E-state index in [9.17, 15) is 4.79 Å². The summed E-state index contributed by atoms with van der Waals surface area (Å²) < 4.78 is 0. The molecule has 1 amide bonds. The largest absolute Gasteiger partial charge is 0.354 e. The summed E-state index contributed by atoms with van der Waals surface area (Å²) in [5.74, 6) is 0.221. The summed E-state index contributed by atoms with van der Waals surface area (Å²) >= 11 is 6.02. The van der Waals surface area contributed by atoms with Crippen LogP contribution >= 0.6 is 11.6 Å². The van der Waals surface area contributed by atoms with Crippen LogP contribution in [0.1, 0.15) is 15.9 Å². The molecule has 6 heteroatoms. The Bertz CT molecular complexity index is 851. The molecular formula is C18H15ClN4O. The molecule has 0 saturated carbocycles.